The van der Waals surface area contributed by atoms with E-state index in [4.69, 9.17) is 5.11 Å². The van der Waals surface area contributed by atoms with Crippen LogP contribution < -0.4 is 10.6 Å². The Labute approximate surface area is 316 Å². The number of rotatable bonds is 6. The van der Waals surface area contributed by atoms with Crippen molar-refractivity contribution in [1.82, 2.24) is 50.0 Å². The molecule has 4 N–H and O–H groups in total. The Hall–Kier alpha value is -3.08. The number of nitrogens with one attached hydrogen (secondary N) is 2. The Morgan fingerprint density at radius 1 is 0.472 bits per heavy atom. The maximum atomic E-state index is 11.2. The van der Waals surface area contributed by atoms with Gasteiger partial charge in [0, 0.05) is 78.5 Å². The normalized spacial score (nSPS) is 26.3. The summed E-state index contributed by atoms with van der Waals surface area (Å²) in [7, 11) is 0. The molecule has 0 spiro atoms. The van der Waals surface area contributed by atoms with Gasteiger partial charge in [-0.15, -0.1) is 0 Å². The van der Waals surface area contributed by atoms with Crippen LogP contribution in [0.5, 0.6) is 0 Å². The molecule has 0 saturated carbocycles. The minimum absolute atomic E-state index is 0.131. The van der Waals surface area contributed by atoms with Gasteiger partial charge < -0.3 is 40.4 Å². The van der Waals surface area contributed by atoms with E-state index in [0.29, 0.717) is 0 Å². The summed E-state index contributed by atoms with van der Waals surface area (Å²) in [4.78, 5) is 46.1. The van der Waals surface area contributed by atoms with E-state index >= 15 is 0 Å². The van der Waals surface area contributed by atoms with Gasteiger partial charge in [0.1, 0.15) is 11.4 Å². The molecule has 2 aromatic rings. The highest BCUT2D eigenvalue weighted by atomic mass is 16.4. The molecule has 4 unspecified atom stereocenters. The summed E-state index contributed by atoms with van der Waals surface area (Å²) < 4.78 is 0. The van der Waals surface area contributed by atoms with Crippen molar-refractivity contribution in [2.45, 2.75) is 45.2 Å². The second-order valence-corrected chi connectivity index (χ2v) is 14.8. The lowest BCUT2D eigenvalue weighted by molar-refractivity contribution is 0.0679. The van der Waals surface area contributed by atoms with E-state index in [1.165, 1.54) is 25.8 Å². The minimum Gasteiger partial charge on any atom is -0.477 e. The number of aromatic nitrogens is 2. The van der Waals surface area contributed by atoms with Crippen LogP contribution in [0.2, 0.25) is 0 Å². The lowest BCUT2D eigenvalue weighted by Gasteiger charge is -2.33. The zero-order chi connectivity index (χ0) is 37.1. The zero-order valence-corrected chi connectivity index (χ0v) is 31.8. The van der Waals surface area contributed by atoms with Gasteiger partial charge in [0.2, 0.25) is 0 Å². The van der Waals surface area contributed by atoms with Crippen molar-refractivity contribution in [3.63, 3.8) is 0 Å². The smallest absolute Gasteiger partial charge is 0.354 e. The van der Waals surface area contributed by atoms with E-state index in [9.17, 15) is 14.7 Å². The van der Waals surface area contributed by atoms with Crippen LogP contribution in [0.1, 0.15) is 64.5 Å². The van der Waals surface area contributed by atoms with Gasteiger partial charge in [0.25, 0.3) is 0 Å². The molecule has 14 nitrogen and oxygen atoms in total. The van der Waals surface area contributed by atoms with Crippen LogP contribution in [-0.2, 0) is 13.1 Å². The van der Waals surface area contributed by atoms with E-state index in [-0.39, 0.29) is 11.4 Å². The van der Waals surface area contributed by atoms with Gasteiger partial charge in [-0.1, -0.05) is 12.1 Å². The molecule has 0 radical (unpaired) electrons. The largest absolute Gasteiger partial charge is 0.477 e. The van der Waals surface area contributed by atoms with Gasteiger partial charge in [-0.2, -0.15) is 0 Å². The van der Waals surface area contributed by atoms with Crippen molar-refractivity contribution in [2.75, 3.05) is 131 Å². The molecule has 0 amide bonds. The van der Waals surface area contributed by atoms with Crippen LogP contribution in [0.25, 0.3) is 0 Å². The average molecular weight is 737 g/mol. The van der Waals surface area contributed by atoms with Crippen LogP contribution in [-0.4, -0.2) is 192 Å². The van der Waals surface area contributed by atoms with E-state index in [1.807, 2.05) is 12.1 Å². The average Bonchev–Trinajstić information content (AvgIpc) is 3.24. The first-order valence-electron chi connectivity index (χ1n) is 20.1. The van der Waals surface area contributed by atoms with Crippen molar-refractivity contribution in [3.05, 3.63) is 59.2 Å². The highest BCUT2D eigenvalue weighted by Crippen LogP contribution is 2.11. The molecule has 0 aliphatic carbocycles. The van der Waals surface area contributed by atoms with Gasteiger partial charge >= 0.3 is 11.9 Å². The summed E-state index contributed by atoms with van der Waals surface area (Å²) in [6.07, 6.45) is 5.91. The SMILES string of the molecule is O=C(O)c1cccc(CN2CCCN3CCCN(CCCNCC3)CC2)n1.O=C(O)c1cccc(CN2CCCN3CCNCCCN(CC3)CC2)n1. The Morgan fingerprint density at radius 2 is 0.849 bits per heavy atom. The lowest BCUT2D eigenvalue weighted by atomic mass is 10.2. The van der Waals surface area contributed by atoms with E-state index in [1.54, 1.807) is 24.3 Å². The van der Waals surface area contributed by atoms with Crippen molar-refractivity contribution < 1.29 is 19.8 Å². The summed E-state index contributed by atoms with van der Waals surface area (Å²) >= 11 is 0. The maximum absolute atomic E-state index is 11.2. The molecular formula is C39H64N10O4. The van der Waals surface area contributed by atoms with Crippen molar-refractivity contribution in [2.24, 2.45) is 0 Å². The molecular weight excluding hydrogens is 672 g/mol. The summed E-state index contributed by atoms with van der Waals surface area (Å²) in [5.74, 6) is -1.92. The summed E-state index contributed by atoms with van der Waals surface area (Å²) in [6, 6.07) is 10.6. The quantitative estimate of drug-likeness (QED) is 0.341. The number of pyridine rings is 2. The number of aromatic carboxylic acids is 2. The molecule has 4 atom stereocenters. The topological polar surface area (TPSA) is 144 Å². The van der Waals surface area contributed by atoms with Crippen LogP contribution in [0.4, 0.5) is 0 Å². The first-order chi connectivity index (χ1) is 25.9. The first kappa shape index (κ1) is 41.1. The number of carboxylic acids is 2. The lowest BCUT2D eigenvalue weighted by Crippen LogP contribution is -2.46. The molecule has 14 heteroatoms. The van der Waals surface area contributed by atoms with Crippen molar-refractivity contribution in [3.8, 4) is 0 Å². The Bertz CT molecular complexity index is 1390. The number of carbonyl (C=O) groups is 2. The van der Waals surface area contributed by atoms with Gasteiger partial charge in [0.15, 0.2) is 0 Å². The third-order valence-corrected chi connectivity index (χ3v) is 10.7. The van der Waals surface area contributed by atoms with Crippen molar-refractivity contribution >= 4 is 11.9 Å². The monoisotopic (exact) mass is 737 g/mol. The molecule has 53 heavy (non-hydrogen) atoms. The minimum atomic E-state index is -0.960. The molecule has 4 saturated heterocycles. The predicted octanol–water partition coefficient (Wildman–Crippen LogP) is 1.56. The first-order valence-corrected chi connectivity index (χ1v) is 20.1. The van der Waals surface area contributed by atoms with Crippen LogP contribution >= 0.6 is 0 Å². The highest BCUT2D eigenvalue weighted by molar-refractivity contribution is 5.85. The molecule has 4 aliphatic heterocycles. The number of carboxylic acid groups (broad SMARTS) is 2. The fourth-order valence-electron chi connectivity index (χ4n) is 7.70. The van der Waals surface area contributed by atoms with Crippen LogP contribution in [0, 0.1) is 0 Å². The molecule has 6 heterocycles. The Morgan fingerprint density at radius 3 is 1.32 bits per heavy atom. The highest BCUT2D eigenvalue weighted by Gasteiger charge is 2.18. The fourth-order valence-corrected chi connectivity index (χ4v) is 7.70. The third kappa shape index (κ3) is 15.3. The molecule has 4 aliphatic rings. The second kappa shape index (κ2) is 23.0. The fraction of sp³-hybridized carbons (Fsp3) is 0.692. The molecule has 294 valence electrons. The van der Waals surface area contributed by atoms with Gasteiger partial charge in [-0.05, 0) is 122 Å². The molecule has 0 aromatic carbocycles. The van der Waals surface area contributed by atoms with Crippen LogP contribution in [0.15, 0.2) is 36.4 Å². The number of nitrogens with zero attached hydrogens (tertiary/aromatic N) is 8. The maximum Gasteiger partial charge on any atom is 0.354 e. The predicted molar refractivity (Wildman–Crippen MR) is 208 cm³/mol. The molecule has 4 fully saturated rings. The van der Waals surface area contributed by atoms with Gasteiger partial charge in [0.05, 0.1) is 11.4 Å². The van der Waals surface area contributed by atoms with Crippen molar-refractivity contribution in [1.29, 1.82) is 0 Å². The third-order valence-electron chi connectivity index (χ3n) is 10.7. The number of fused-ring (bicyclic) bond motifs is 7. The molecule has 4 bridgehead atoms. The number of hydrogen-bond acceptors (Lipinski definition) is 12. The van der Waals surface area contributed by atoms with E-state index < -0.39 is 11.9 Å². The Balaban J connectivity index is 0.000000204. The second-order valence-electron chi connectivity index (χ2n) is 14.8. The summed E-state index contributed by atoms with van der Waals surface area (Å²) in [5.41, 5.74) is 1.95. The van der Waals surface area contributed by atoms with E-state index in [2.05, 4.69) is 50.0 Å². The number of hydrogen-bond donors (Lipinski definition) is 4. The standard InChI is InChI=1S/C20H33N5O2.C19H31N5O2/c26-20(27)19-6-1-5-18(22-19)17-25-13-4-11-23-10-3-12-24(15-16-25)9-2-7-21-8-14-23;25-19(26)18-5-1-4-17(21-18)16-24-10-3-9-22-11-7-20-6-2-8-23(13-12-22)14-15-24/h1,5-6,21H,2-4,7-17H2,(H,26,27);1,4-5,20H,2-3,6-16H2,(H,25,26). The molecule has 6 rings (SSSR count). The summed E-state index contributed by atoms with van der Waals surface area (Å²) in [6.45, 7) is 23.4. The summed E-state index contributed by atoms with van der Waals surface area (Å²) in [5, 5.41) is 25.5. The van der Waals surface area contributed by atoms with Gasteiger partial charge in [-0.3, -0.25) is 9.80 Å². The van der Waals surface area contributed by atoms with Gasteiger partial charge in [-0.25, -0.2) is 19.6 Å². The van der Waals surface area contributed by atoms with E-state index in [0.717, 1.165) is 162 Å². The van der Waals surface area contributed by atoms with Crippen LogP contribution in [0.3, 0.4) is 0 Å². The molecule has 2 aromatic heterocycles. The Kier molecular flexibility index (Phi) is 17.8. The zero-order valence-electron chi connectivity index (χ0n) is 31.8.